The van der Waals surface area contributed by atoms with Crippen LogP contribution in [0.4, 0.5) is 14.5 Å². The molecule has 2 atom stereocenters. The van der Waals surface area contributed by atoms with Crippen molar-refractivity contribution in [2.45, 2.75) is 24.9 Å². The standard InChI is InChI=1S/C27H21ClF2N4O/c1-2-22(35)34-16-7-8-17(34)14-33(13-16)21-10-11-31-27-19(21)12-32-26(25(27)30)18-5-3-4-15-6-9-20(29)24(28)23(15)18/h2-6,9-12,16-17H,1,7-8,13-14H2. The fourth-order valence-corrected chi connectivity index (χ4v) is 5.87. The molecule has 0 aliphatic carbocycles. The normalized spacial score (nSPS) is 19.5. The third-order valence-electron chi connectivity index (χ3n) is 7.15. The van der Waals surface area contributed by atoms with Crippen LogP contribution in [0, 0.1) is 11.6 Å². The molecule has 0 radical (unpaired) electrons. The topological polar surface area (TPSA) is 49.3 Å². The molecule has 2 saturated heterocycles. The molecule has 2 fully saturated rings. The highest BCUT2D eigenvalue weighted by molar-refractivity contribution is 6.36. The van der Waals surface area contributed by atoms with Crippen LogP contribution in [0.5, 0.6) is 0 Å². The number of halogens is 3. The van der Waals surface area contributed by atoms with Crippen molar-refractivity contribution in [3.63, 3.8) is 0 Å². The first-order valence-electron chi connectivity index (χ1n) is 11.5. The highest BCUT2D eigenvalue weighted by Crippen LogP contribution is 2.39. The van der Waals surface area contributed by atoms with Crippen LogP contribution >= 0.6 is 11.6 Å². The Morgan fingerprint density at radius 2 is 1.86 bits per heavy atom. The molecule has 2 aliphatic rings. The van der Waals surface area contributed by atoms with Crippen molar-refractivity contribution < 1.29 is 13.6 Å². The van der Waals surface area contributed by atoms with E-state index in [0.717, 1.165) is 18.5 Å². The van der Waals surface area contributed by atoms with E-state index < -0.39 is 11.6 Å². The lowest BCUT2D eigenvalue weighted by atomic mass is 10.00. The molecule has 0 spiro atoms. The van der Waals surface area contributed by atoms with Gasteiger partial charge in [0.15, 0.2) is 5.82 Å². The van der Waals surface area contributed by atoms with Crippen LogP contribution in [0.3, 0.4) is 0 Å². The van der Waals surface area contributed by atoms with Crippen molar-refractivity contribution in [2.24, 2.45) is 0 Å². The van der Waals surface area contributed by atoms with Crippen LogP contribution in [-0.4, -0.2) is 45.9 Å². The predicted octanol–water partition coefficient (Wildman–Crippen LogP) is 5.75. The zero-order valence-electron chi connectivity index (χ0n) is 18.7. The number of hydrogen-bond donors (Lipinski definition) is 0. The molecule has 2 aliphatic heterocycles. The second-order valence-corrected chi connectivity index (χ2v) is 9.40. The smallest absolute Gasteiger partial charge is 0.246 e. The molecular weight excluding hydrogens is 470 g/mol. The van der Waals surface area contributed by atoms with E-state index in [-0.39, 0.29) is 34.2 Å². The molecule has 2 bridgehead atoms. The molecule has 4 aromatic rings. The number of nitrogens with zero attached hydrogens (tertiary/aromatic N) is 4. The molecule has 2 aromatic heterocycles. The molecule has 6 rings (SSSR count). The van der Waals surface area contributed by atoms with Crippen LogP contribution in [0.2, 0.25) is 5.02 Å². The second-order valence-electron chi connectivity index (χ2n) is 9.02. The molecule has 8 heteroatoms. The van der Waals surface area contributed by atoms with Gasteiger partial charge in [-0.25, -0.2) is 8.78 Å². The summed E-state index contributed by atoms with van der Waals surface area (Å²) in [6.07, 6.45) is 6.43. The van der Waals surface area contributed by atoms with Crippen LogP contribution in [-0.2, 0) is 4.79 Å². The Morgan fingerprint density at radius 1 is 1.09 bits per heavy atom. The summed E-state index contributed by atoms with van der Waals surface area (Å²) in [5, 5.41) is 1.63. The summed E-state index contributed by atoms with van der Waals surface area (Å²) in [5.74, 6) is -1.20. The zero-order valence-corrected chi connectivity index (χ0v) is 19.5. The molecule has 35 heavy (non-hydrogen) atoms. The number of carbonyl (C=O) groups is 1. The third-order valence-corrected chi connectivity index (χ3v) is 7.52. The number of anilines is 1. The van der Waals surface area contributed by atoms with Gasteiger partial charge in [-0.2, -0.15) is 0 Å². The van der Waals surface area contributed by atoms with E-state index in [1.54, 1.807) is 36.7 Å². The summed E-state index contributed by atoms with van der Waals surface area (Å²) in [4.78, 5) is 25.2. The second kappa shape index (κ2) is 8.27. The lowest BCUT2D eigenvalue weighted by molar-refractivity contribution is -0.129. The van der Waals surface area contributed by atoms with E-state index in [0.29, 0.717) is 34.8 Å². The van der Waals surface area contributed by atoms with Crippen molar-refractivity contribution >= 4 is 44.9 Å². The maximum atomic E-state index is 15.9. The molecule has 2 aromatic carbocycles. The van der Waals surface area contributed by atoms with Crippen LogP contribution in [0.25, 0.3) is 32.9 Å². The first-order valence-corrected chi connectivity index (χ1v) is 11.9. The Labute approximate surface area is 205 Å². The van der Waals surface area contributed by atoms with E-state index in [1.165, 1.54) is 12.1 Å². The summed E-state index contributed by atoms with van der Waals surface area (Å²) >= 11 is 6.27. The molecule has 176 valence electrons. The Bertz CT molecular complexity index is 1510. The van der Waals surface area contributed by atoms with Crippen molar-refractivity contribution in [2.75, 3.05) is 18.0 Å². The summed E-state index contributed by atoms with van der Waals surface area (Å²) < 4.78 is 30.1. The molecule has 5 nitrogen and oxygen atoms in total. The molecule has 0 saturated carbocycles. The molecule has 1 amide bonds. The van der Waals surface area contributed by atoms with Crippen LogP contribution in [0.15, 0.2) is 61.4 Å². The van der Waals surface area contributed by atoms with Crippen molar-refractivity contribution in [1.82, 2.24) is 14.9 Å². The van der Waals surface area contributed by atoms with Crippen LogP contribution in [0.1, 0.15) is 12.8 Å². The number of rotatable bonds is 3. The van der Waals surface area contributed by atoms with Gasteiger partial charge in [-0.3, -0.25) is 14.8 Å². The molecule has 4 heterocycles. The van der Waals surface area contributed by atoms with Crippen molar-refractivity contribution in [3.05, 3.63) is 78.1 Å². The van der Waals surface area contributed by atoms with E-state index >= 15 is 4.39 Å². The third kappa shape index (κ3) is 3.37. The summed E-state index contributed by atoms with van der Waals surface area (Å²) in [6.45, 7) is 4.93. The molecule has 0 N–H and O–H groups in total. The molecule has 2 unspecified atom stereocenters. The first kappa shape index (κ1) is 21.9. The van der Waals surface area contributed by atoms with Gasteiger partial charge < -0.3 is 9.80 Å². The fourth-order valence-electron chi connectivity index (χ4n) is 5.60. The number of pyridine rings is 2. The van der Waals surface area contributed by atoms with E-state index in [1.807, 2.05) is 11.0 Å². The summed E-state index contributed by atoms with van der Waals surface area (Å²) in [6, 6.07) is 10.2. The fraction of sp³-hybridized carbons (Fsp3) is 0.222. The number of fused-ring (bicyclic) bond motifs is 4. The highest BCUT2D eigenvalue weighted by atomic mass is 35.5. The Balaban J connectivity index is 1.44. The predicted molar refractivity (Wildman–Crippen MR) is 133 cm³/mol. The summed E-state index contributed by atoms with van der Waals surface area (Å²) in [5.41, 5.74) is 1.50. The van der Waals surface area contributed by atoms with Gasteiger partial charge >= 0.3 is 0 Å². The SMILES string of the molecule is C=CC(=O)N1C2CCC1CN(c1ccnc3c(F)c(-c4cccc5ccc(F)c(Cl)c45)ncc13)C2. The van der Waals surface area contributed by atoms with Gasteiger partial charge in [0.2, 0.25) is 5.91 Å². The number of piperazine rings is 1. The van der Waals surface area contributed by atoms with E-state index in [2.05, 4.69) is 21.4 Å². The lowest BCUT2D eigenvalue weighted by Crippen LogP contribution is -2.55. The van der Waals surface area contributed by atoms with Gasteiger partial charge in [0.1, 0.15) is 17.0 Å². The summed E-state index contributed by atoms with van der Waals surface area (Å²) in [7, 11) is 0. The van der Waals surface area contributed by atoms with Gasteiger partial charge in [0.05, 0.1) is 5.02 Å². The largest absolute Gasteiger partial charge is 0.367 e. The average Bonchev–Trinajstić information content (AvgIpc) is 3.14. The average molecular weight is 491 g/mol. The maximum Gasteiger partial charge on any atom is 0.246 e. The zero-order chi connectivity index (χ0) is 24.3. The number of carbonyl (C=O) groups excluding carboxylic acids is 1. The number of hydrogen-bond acceptors (Lipinski definition) is 4. The maximum absolute atomic E-state index is 15.9. The number of amides is 1. The quantitative estimate of drug-likeness (QED) is 0.343. The van der Waals surface area contributed by atoms with Gasteiger partial charge in [-0.1, -0.05) is 42.4 Å². The van der Waals surface area contributed by atoms with Gasteiger partial charge in [-0.15, -0.1) is 0 Å². The minimum absolute atomic E-state index is 0.0423. The lowest BCUT2D eigenvalue weighted by Gasteiger charge is -2.42. The van der Waals surface area contributed by atoms with Gasteiger partial charge in [0, 0.05) is 59.6 Å². The minimum Gasteiger partial charge on any atom is -0.367 e. The first-order chi connectivity index (χ1) is 17.0. The number of aromatic nitrogens is 2. The van der Waals surface area contributed by atoms with E-state index in [9.17, 15) is 9.18 Å². The van der Waals surface area contributed by atoms with Crippen molar-refractivity contribution in [3.8, 4) is 11.3 Å². The minimum atomic E-state index is -0.583. The Kier molecular flexibility index (Phi) is 5.18. The highest BCUT2D eigenvalue weighted by Gasteiger charge is 2.42. The van der Waals surface area contributed by atoms with Crippen molar-refractivity contribution in [1.29, 1.82) is 0 Å². The monoisotopic (exact) mass is 490 g/mol. The van der Waals surface area contributed by atoms with E-state index in [4.69, 9.17) is 11.6 Å². The van der Waals surface area contributed by atoms with Crippen LogP contribution < -0.4 is 4.90 Å². The van der Waals surface area contributed by atoms with Gasteiger partial charge in [0.25, 0.3) is 0 Å². The Morgan fingerprint density at radius 3 is 2.60 bits per heavy atom. The van der Waals surface area contributed by atoms with Gasteiger partial charge in [-0.05, 0) is 36.4 Å². The molecular formula is C27H21ClF2N4O. The number of benzene rings is 2. The Hall–Kier alpha value is -3.58.